The lowest BCUT2D eigenvalue weighted by Crippen LogP contribution is -2.42. The number of ether oxygens (including phenoxy) is 1. The van der Waals surface area contributed by atoms with E-state index in [4.69, 9.17) is 16.3 Å². The summed E-state index contributed by atoms with van der Waals surface area (Å²) in [5, 5.41) is 6.66. The highest BCUT2D eigenvalue weighted by molar-refractivity contribution is 7.99. The average Bonchev–Trinajstić information content (AvgIpc) is 2.99. The van der Waals surface area contributed by atoms with E-state index in [-0.39, 0.29) is 18.2 Å². The van der Waals surface area contributed by atoms with Gasteiger partial charge in [-0.2, -0.15) is 0 Å². The van der Waals surface area contributed by atoms with Crippen molar-refractivity contribution in [3.05, 3.63) is 28.8 Å². The van der Waals surface area contributed by atoms with Crippen molar-refractivity contribution in [2.45, 2.75) is 36.3 Å². The Labute approximate surface area is 134 Å². The van der Waals surface area contributed by atoms with Gasteiger partial charge in [-0.25, -0.2) is 4.79 Å². The van der Waals surface area contributed by atoms with E-state index in [0.29, 0.717) is 11.6 Å². The third-order valence-corrected chi connectivity index (χ3v) is 5.19. The number of hydrogen-bond acceptors (Lipinski definition) is 3. The van der Waals surface area contributed by atoms with Gasteiger partial charge in [-0.05, 0) is 43.0 Å². The van der Waals surface area contributed by atoms with Crippen molar-refractivity contribution in [1.29, 1.82) is 0 Å². The van der Waals surface area contributed by atoms with E-state index in [1.165, 1.54) is 4.90 Å². The molecule has 2 aliphatic rings. The Morgan fingerprint density at radius 1 is 1.43 bits per heavy atom. The number of fused-ring (bicyclic) bond motifs is 1. The lowest BCUT2D eigenvalue weighted by Gasteiger charge is -2.26. The molecule has 0 saturated carbocycles. The lowest BCUT2D eigenvalue weighted by molar-refractivity contribution is 0.111. The van der Waals surface area contributed by atoms with Gasteiger partial charge in [0.15, 0.2) is 0 Å². The van der Waals surface area contributed by atoms with Crippen LogP contribution in [0.1, 0.15) is 30.9 Å². The predicted octanol–water partition coefficient (Wildman–Crippen LogP) is 3.36. The first-order valence-electron chi connectivity index (χ1n) is 7.30. The molecule has 2 atom stereocenters. The molecular formula is C15H19ClN2O2S. The van der Waals surface area contributed by atoms with Gasteiger partial charge in [-0.3, -0.25) is 0 Å². The number of urea groups is 1. The zero-order chi connectivity index (χ0) is 14.7. The predicted molar refractivity (Wildman–Crippen MR) is 85.0 cm³/mol. The van der Waals surface area contributed by atoms with Crippen molar-refractivity contribution in [1.82, 2.24) is 10.6 Å². The second kappa shape index (κ2) is 6.90. The first-order valence-corrected chi connectivity index (χ1v) is 8.67. The summed E-state index contributed by atoms with van der Waals surface area (Å²) in [6.07, 6.45) is 3.20. The first-order chi connectivity index (χ1) is 10.2. The van der Waals surface area contributed by atoms with Crippen molar-refractivity contribution >= 4 is 29.4 Å². The van der Waals surface area contributed by atoms with Crippen molar-refractivity contribution in [2.75, 3.05) is 18.9 Å². The summed E-state index contributed by atoms with van der Waals surface area (Å²) in [5.41, 5.74) is 1.12. The number of benzene rings is 1. The highest BCUT2D eigenvalue weighted by Crippen LogP contribution is 2.37. The van der Waals surface area contributed by atoms with Crippen molar-refractivity contribution in [2.24, 2.45) is 0 Å². The largest absolute Gasteiger partial charge is 0.376 e. The van der Waals surface area contributed by atoms with Crippen LogP contribution in [0.2, 0.25) is 5.02 Å². The molecule has 2 unspecified atom stereocenters. The molecule has 114 valence electrons. The molecule has 0 aromatic heterocycles. The normalized spacial score (nSPS) is 24.4. The molecule has 6 heteroatoms. The molecule has 2 amide bonds. The fourth-order valence-corrected chi connectivity index (χ4v) is 4.02. The van der Waals surface area contributed by atoms with E-state index in [1.807, 2.05) is 30.0 Å². The molecule has 0 spiro atoms. The number of hydrogen-bond donors (Lipinski definition) is 2. The van der Waals surface area contributed by atoms with Gasteiger partial charge in [0.25, 0.3) is 0 Å². The molecule has 1 aromatic carbocycles. The summed E-state index contributed by atoms with van der Waals surface area (Å²) in [5.74, 6) is 1.01. The summed E-state index contributed by atoms with van der Waals surface area (Å²) in [4.78, 5) is 13.2. The van der Waals surface area contributed by atoms with Gasteiger partial charge in [-0.1, -0.05) is 11.6 Å². The van der Waals surface area contributed by atoms with Crippen LogP contribution in [0, 0.1) is 0 Å². The molecule has 0 aliphatic carbocycles. The monoisotopic (exact) mass is 326 g/mol. The fourth-order valence-electron chi connectivity index (χ4n) is 2.74. The van der Waals surface area contributed by atoms with Crippen LogP contribution < -0.4 is 10.6 Å². The summed E-state index contributed by atoms with van der Waals surface area (Å²) >= 11 is 7.88. The summed E-state index contributed by atoms with van der Waals surface area (Å²) in [6, 6.07) is 5.78. The number of nitrogens with one attached hydrogen (secondary N) is 2. The zero-order valence-corrected chi connectivity index (χ0v) is 13.3. The zero-order valence-electron chi connectivity index (χ0n) is 11.7. The standard InChI is InChI=1S/C15H19ClN2O2S/c16-10-3-4-14-12(8-10)13(5-7-21-14)18-15(19)17-9-11-2-1-6-20-11/h3-4,8,11,13H,1-2,5-7,9H2,(H2,17,18,19). The van der Waals surface area contributed by atoms with Crippen molar-refractivity contribution < 1.29 is 9.53 Å². The lowest BCUT2D eigenvalue weighted by atomic mass is 10.0. The van der Waals surface area contributed by atoms with Crippen LogP contribution in [-0.4, -0.2) is 31.0 Å². The van der Waals surface area contributed by atoms with E-state index in [9.17, 15) is 4.79 Å². The fraction of sp³-hybridized carbons (Fsp3) is 0.533. The van der Waals surface area contributed by atoms with Gasteiger partial charge in [0.1, 0.15) is 0 Å². The molecule has 3 rings (SSSR count). The van der Waals surface area contributed by atoms with Gasteiger partial charge in [-0.15, -0.1) is 11.8 Å². The number of rotatable bonds is 3. The summed E-state index contributed by atoms with van der Waals surface area (Å²) in [6.45, 7) is 1.38. The van der Waals surface area contributed by atoms with E-state index in [0.717, 1.165) is 37.2 Å². The van der Waals surface area contributed by atoms with E-state index in [2.05, 4.69) is 10.6 Å². The second-order valence-corrected chi connectivity index (χ2v) is 6.93. The van der Waals surface area contributed by atoms with Crippen LogP contribution >= 0.6 is 23.4 Å². The minimum Gasteiger partial charge on any atom is -0.376 e. The van der Waals surface area contributed by atoms with Crippen LogP contribution in [0.15, 0.2) is 23.1 Å². The highest BCUT2D eigenvalue weighted by Gasteiger charge is 2.23. The molecule has 2 aliphatic heterocycles. The van der Waals surface area contributed by atoms with E-state index >= 15 is 0 Å². The Morgan fingerprint density at radius 2 is 2.33 bits per heavy atom. The van der Waals surface area contributed by atoms with E-state index in [1.54, 1.807) is 0 Å². The Balaban J connectivity index is 1.57. The van der Waals surface area contributed by atoms with Crippen molar-refractivity contribution in [3.63, 3.8) is 0 Å². The molecule has 1 aromatic rings. The average molecular weight is 327 g/mol. The van der Waals surface area contributed by atoms with Crippen LogP contribution in [0.3, 0.4) is 0 Å². The first kappa shape index (κ1) is 15.0. The summed E-state index contributed by atoms with van der Waals surface area (Å²) < 4.78 is 5.50. The molecule has 2 heterocycles. The van der Waals surface area contributed by atoms with Gasteiger partial charge in [0, 0.05) is 28.8 Å². The smallest absolute Gasteiger partial charge is 0.315 e. The second-order valence-electron chi connectivity index (χ2n) is 5.36. The quantitative estimate of drug-likeness (QED) is 0.895. The van der Waals surface area contributed by atoms with Gasteiger partial charge >= 0.3 is 6.03 Å². The number of carbonyl (C=O) groups excluding carboxylic acids is 1. The number of carbonyl (C=O) groups is 1. The molecule has 4 nitrogen and oxygen atoms in total. The maximum Gasteiger partial charge on any atom is 0.315 e. The minimum absolute atomic E-state index is 0.0319. The van der Waals surface area contributed by atoms with Crippen LogP contribution in [0.4, 0.5) is 4.79 Å². The molecule has 0 bridgehead atoms. The third kappa shape index (κ3) is 3.84. The van der Waals surface area contributed by atoms with Gasteiger partial charge in [0.05, 0.1) is 12.1 Å². The van der Waals surface area contributed by atoms with Crippen LogP contribution in [-0.2, 0) is 4.74 Å². The van der Waals surface area contributed by atoms with Crippen LogP contribution in [0.5, 0.6) is 0 Å². The minimum atomic E-state index is -0.131. The van der Waals surface area contributed by atoms with Crippen LogP contribution in [0.25, 0.3) is 0 Å². The number of amides is 2. The Bertz CT molecular complexity index is 520. The molecule has 2 N–H and O–H groups in total. The maximum atomic E-state index is 12.0. The van der Waals surface area contributed by atoms with Gasteiger partial charge < -0.3 is 15.4 Å². The van der Waals surface area contributed by atoms with Crippen molar-refractivity contribution in [3.8, 4) is 0 Å². The molecule has 1 fully saturated rings. The molecular weight excluding hydrogens is 308 g/mol. The maximum absolute atomic E-state index is 12.0. The molecule has 1 saturated heterocycles. The topological polar surface area (TPSA) is 50.4 Å². The summed E-state index contributed by atoms with van der Waals surface area (Å²) in [7, 11) is 0. The SMILES string of the molecule is O=C(NCC1CCCO1)NC1CCSc2ccc(Cl)cc21. The number of thioether (sulfide) groups is 1. The Morgan fingerprint density at radius 3 is 3.14 bits per heavy atom. The number of halogens is 1. The Kier molecular flexibility index (Phi) is 4.93. The Hall–Kier alpha value is -0.910. The third-order valence-electron chi connectivity index (χ3n) is 3.83. The highest BCUT2D eigenvalue weighted by atomic mass is 35.5. The molecule has 0 radical (unpaired) electrons. The van der Waals surface area contributed by atoms with Gasteiger partial charge in [0.2, 0.25) is 0 Å². The van der Waals surface area contributed by atoms with E-state index < -0.39 is 0 Å². The molecule has 21 heavy (non-hydrogen) atoms.